The predicted octanol–water partition coefficient (Wildman–Crippen LogP) is 1.72. The lowest BCUT2D eigenvalue weighted by Crippen LogP contribution is -2.49. The van der Waals surface area contributed by atoms with Crippen LogP contribution in [0.4, 0.5) is 9.18 Å². The quantitative estimate of drug-likeness (QED) is 0.799. The second kappa shape index (κ2) is 5.85. The number of alkyl halides is 1. The van der Waals surface area contributed by atoms with E-state index < -0.39 is 46.4 Å². The topological polar surface area (TPSA) is 83.9 Å². The van der Waals surface area contributed by atoms with E-state index in [2.05, 4.69) is 0 Å². The minimum Gasteiger partial charge on any atom is -0.465 e. The molecule has 0 saturated carbocycles. The molecule has 0 bridgehead atoms. The SMILES string of the molecule is CC(C)(C)C1[C@@H](C(CF)OS(C)(=O)=O)CCN1C(=O)O. The van der Waals surface area contributed by atoms with Gasteiger partial charge in [-0.05, 0) is 11.8 Å². The van der Waals surface area contributed by atoms with Gasteiger partial charge >= 0.3 is 6.09 Å². The zero-order valence-corrected chi connectivity index (χ0v) is 13.0. The number of likely N-dealkylation sites (tertiary alicyclic amines) is 1. The summed E-state index contributed by atoms with van der Waals surface area (Å²) in [5.74, 6) is -0.481. The molecule has 0 radical (unpaired) electrons. The number of carboxylic acid groups (broad SMARTS) is 1. The molecule has 1 aliphatic heterocycles. The summed E-state index contributed by atoms with van der Waals surface area (Å²) in [7, 11) is -3.79. The van der Waals surface area contributed by atoms with Crippen LogP contribution in [0.15, 0.2) is 0 Å². The third-order valence-electron chi connectivity index (χ3n) is 3.51. The van der Waals surface area contributed by atoms with E-state index in [1.54, 1.807) is 0 Å². The van der Waals surface area contributed by atoms with Crippen molar-refractivity contribution in [2.45, 2.75) is 39.3 Å². The van der Waals surface area contributed by atoms with Crippen LogP contribution in [0.5, 0.6) is 0 Å². The lowest BCUT2D eigenvalue weighted by atomic mass is 9.77. The van der Waals surface area contributed by atoms with Crippen molar-refractivity contribution < 1.29 is 26.9 Å². The van der Waals surface area contributed by atoms with Crippen LogP contribution in [-0.2, 0) is 14.3 Å². The molecule has 0 aliphatic carbocycles. The number of hydrogen-bond acceptors (Lipinski definition) is 4. The van der Waals surface area contributed by atoms with E-state index in [1.807, 2.05) is 20.8 Å². The monoisotopic (exact) mass is 311 g/mol. The lowest BCUT2D eigenvalue weighted by molar-refractivity contribution is 0.0401. The number of halogens is 1. The Morgan fingerprint density at radius 1 is 1.50 bits per heavy atom. The number of nitrogens with zero attached hydrogens (tertiary/aromatic N) is 1. The van der Waals surface area contributed by atoms with Gasteiger partial charge in [0.1, 0.15) is 12.8 Å². The van der Waals surface area contributed by atoms with Gasteiger partial charge < -0.3 is 10.0 Å². The van der Waals surface area contributed by atoms with Gasteiger partial charge in [-0.1, -0.05) is 20.8 Å². The Hall–Kier alpha value is -0.890. The molecule has 6 nitrogen and oxygen atoms in total. The van der Waals surface area contributed by atoms with E-state index in [0.29, 0.717) is 6.42 Å². The highest BCUT2D eigenvalue weighted by atomic mass is 32.2. The molecule has 0 aromatic heterocycles. The predicted molar refractivity (Wildman–Crippen MR) is 71.8 cm³/mol. The molecule has 0 aromatic rings. The fourth-order valence-corrected chi connectivity index (χ4v) is 3.61. The molecule has 1 heterocycles. The van der Waals surface area contributed by atoms with Gasteiger partial charge in [-0.15, -0.1) is 0 Å². The first-order valence-corrected chi connectivity index (χ1v) is 8.23. The minimum atomic E-state index is -3.79. The third kappa shape index (κ3) is 4.05. The molecule has 1 rings (SSSR count). The van der Waals surface area contributed by atoms with Crippen LogP contribution >= 0.6 is 0 Å². The molecular formula is C12H22FNO5S. The molecule has 3 atom stereocenters. The zero-order chi connectivity index (χ0) is 15.7. The first-order chi connectivity index (χ1) is 8.97. The van der Waals surface area contributed by atoms with Crippen molar-refractivity contribution in [2.24, 2.45) is 11.3 Å². The van der Waals surface area contributed by atoms with Gasteiger partial charge in [0, 0.05) is 18.5 Å². The summed E-state index contributed by atoms with van der Waals surface area (Å²) >= 11 is 0. The van der Waals surface area contributed by atoms with Crippen molar-refractivity contribution in [1.82, 2.24) is 4.90 Å². The largest absolute Gasteiger partial charge is 0.465 e. The van der Waals surface area contributed by atoms with E-state index in [9.17, 15) is 22.7 Å². The number of hydrogen-bond donors (Lipinski definition) is 1. The second-order valence-electron chi connectivity index (χ2n) is 6.23. The summed E-state index contributed by atoms with van der Waals surface area (Å²) in [6.07, 6.45) is -0.965. The summed E-state index contributed by atoms with van der Waals surface area (Å²) in [6, 6.07) is -0.484. The van der Waals surface area contributed by atoms with Gasteiger partial charge in [-0.25, -0.2) is 9.18 Å². The number of carbonyl (C=O) groups is 1. The summed E-state index contributed by atoms with van der Waals surface area (Å²) in [5.41, 5.74) is -0.437. The van der Waals surface area contributed by atoms with Gasteiger partial charge in [-0.3, -0.25) is 4.18 Å². The summed E-state index contributed by atoms with van der Waals surface area (Å²) < 4.78 is 40.4. The molecule has 0 spiro atoms. The van der Waals surface area contributed by atoms with Gasteiger partial charge in [-0.2, -0.15) is 8.42 Å². The van der Waals surface area contributed by atoms with E-state index in [4.69, 9.17) is 4.18 Å². The average Bonchev–Trinajstić information content (AvgIpc) is 2.68. The number of rotatable bonds is 4. The summed E-state index contributed by atoms with van der Waals surface area (Å²) in [6.45, 7) is 4.84. The molecule has 1 N–H and O–H groups in total. The van der Waals surface area contributed by atoms with Crippen LogP contribution in [-0.4, -0.2) is 56.1 Å². The van der Waals surface area contributed by atoms with Crippen LogP contribution in [0, 0.1) is 11.3 Å². The third-order valence-corrected chi connectivity index (χ3v) is 4.10. The highest BCUT2D eigenvalue weighted by Crippen LogP contribution is 2.39. The maximum atomic E-state index is 13.2. The molecule has 1 fully saturated rings. The van der Waals surface area contributed by atoms with Gasteiger partial charge in [0.05, 0.1) is 6.26 Å². The Morgan fingerprint density at radius 3 is 2.40 bits per heavy atom. The van der Waals surface area contributed by atoms with E-state index in [-0.39, 0.29) is 6.54 Å². The van der Waals surface area contributed by atoms with Gasteiger partial charge in [0.2, 0.25) is 0 Å². The molecule has 1 amide bonds. The Labute approximate surface area is 119 Å². The minimum absolute atomic E-state index is 0.256. The molecule has 0 aromatic carbocycles. The van der Waals surface area contributed by atoms with E-state index >= 15 is 0 Å². The van der Waals surface area contributed by atoms with Gasteiger partial charge in [0.15, 0.2) is 0 Å². The van der Waals surface area contributed by atoms with E-state index in [1.165, 1.54) is 4.90 Å². The molecule has 118 valence electrons. The molecule has 1 aliphatic rings. The van der Waals surface area contributed by atoms with Crippen LogP contribution in [0.1, 0.15) is 27.2 Å². The van der Waals surface area contributed by atoms with Crippen LogP contribution < -0.4 is 0 Å². The summed E-state index contributed by atoms with van der Waals surface area (Å²) in [4.78, 5) is 12.5. The molecular weight excluding hydrogens is 289 g/mol. The van der Waals surface area contributed by atoms with E-state index in [0.717, 1.165) is 6.26 Å². The highest BCUT2D eigenvalue weighted by molar-refractivity contribution is 7.86. The van der Waals surface area contributed by atoms with Crippen LogP contribution in [0.25, 0.3) is 0 Å². The maximum absolute atomic E-state index is 13.2. The van der Waals surface area contributed by atoms with Crippen molar-refractivity contribution in [3.05, 3.63) is 0 Å². The van der Waals surface area contributed by atoms with Crippen molar-refractivity contribution in [1.29, 1.82) is 0 Å². The number of amides is 1. The van der Waals surface area contributed by atoms with Crippen LogP contribution in [0.2, 0.25) is 0 Å². The fraction of sp³-hybridized carbons (Fsp3) is 0.917. The standard InChI is InChI=1S/C12H22FNO5S/c1-12(2,3)10-8(5-6-14(10)11(15)16)9(7-13)19-20(4,17)18/h8-10H,5-7H2,1-4H3,(H,15,16)/t8-,9?,10?/m1/s1. The fourth-order valence-electron chi connectivity index (χ4n) is 2.97. The Balaban J connectivity index is 3.05. The van der Waals surface area contributed by atoms with Crippen molar-refractivity contribution in [2.75, 3.05) is 19.5 Å². The first-order valence-electron chi connectivity index (χ1n) is 6.41. The summed E-state index contributed by atoms with van der Waals surface area (Å²) in [5, 5.41) is 9.22. The van der Waals surface area contributed by atoms with Crippen molar-refractivity contribution in [3.63, 3.8) is 0 Å². The van der Waals surface area contributed by atoms with Crippen molar-refractivity contribution in [3.8, 4) is 0 Å². The average molecular weight is 311 g/mol. The molecule has 2 unspecified atom stereocenters. The second-order valence-corrected chi connectivity index (χ2v) is 7.83. The van der Waals surface area contributed by atoms with Crippen LogP contribution in [0.3, 0.4) is 0 Å². The Morgan fingerprint density at radius 2 is 2.05 bits per heavy atom. The highest BCUT2D eigenvalue weighted by Gasteiger charge is 2.48. The first kappa shape index (κ1) is 17.2. The van der Waals surface area contributed by atoms with Gasteiger partial charge in [0.25, 0.3) is 10.1 Å². The Kier molecular flexibility index (Phi) is 5.02. The smallest absolute Gasteiger partial charge is 0.407 e. The lowest BCUT2D eigenvalue weighted by Gasteiger charge is -2.38. The molecule has 8 heteroatoms. The molecule has 20 heavy (non-hydrogen) atoms. The molecule has 1 saturated heterocycles. The maximum Gasteiger partial charge on any atom is 0.407 e. The normalized spacial score (nSPS) is 25.8. The Bertz CT molecular complexity index is 459. The zero-order valence-electron chi connectivity index (χ0n) is 12.2. The van der Waals surface area contributed by atoms with Crippen molar-refractivity contribution >= 4 is 16.2 Å².